The summed E-state index contributed by atoms with van der Waals surface area (Å²) in [7, 11) is 1.68. The Labute approximate surface area is 129 Å². The molecule has 1 aromatic heterocycles. The molecule has 116 valence electrons. The van der Waals surface area contributed by atoms with Gasteiger partial charge < -0.3 is 15.4 Å². The van der Waals surface area contributed by atoms with Crippen LogP contribution in [0.1, 0.15) is 52.6 Å². The highest BCUT2D eigenvalue weighted by molar-refractivity contribution is 7.12. The number of primary amides is 1. The molecule has 1 unspecified atom stereocenters. The molecular formula is C15H22N2O3S. The molecule has 1 aliphatic rings. The monoisotopic (exact) mass is 310 g/mol. The molecule has 0 spiro atoms. The molecule has 1 fully saturated rings. The van der Waals surface area contributed by atoms with Crippen LogP contribution in [0, 0.1) is 0 Å². The Bertz CT molecular complexity index is 521. The number of carbonyl (C=O) groups excluding carboxylic acids is 2. The second-order valence-electron chi connectivity index (χ2n) is 5.53. The van der Waals surface area contributed by atoms with E-state index in [4.69, 9.17) is 10.5 Å². The summed E-state index contributed by atoms with van der Waals surface area (Å²) in [4.78, 5) is 26.5. The predicted octanol–water partition coefficient (Wildman–Crippen LogP) is 2.27. The maximum atomic E-state index is 12.8. The van der Waals surface area contributed by atoms with Crippen molar-refractivity contribution in [3.05, 3.63) is 21.9 Å². The fourth-order valence-electron chi connectivity index (χ4n) is 3.18. The van der Waals surface area contributed by atoms with Gasteiger partial charge >= 0.3 is 0 Å². The maximum Gasteiger partial charge on any atom is 0.264 e. The van der Waals surface area contributed by atoms with Crippen LogP contribution >= 0.6 is 11.3 Å². The van der Waals surface area contributed by atoms with Crippen molar-refractivity contribution in [3.8, 4) is 0 Å². The van der Waals surface area contributed by atoms with Gasteiger partial charge in [-0.05, 0) is 25.3 Å². The second-order valence-corrected chi connectivity index (χ2v) is 6.44. The molecule has 2 amide bonds. The van der Waals surface area contributed by atoms with Crippen LogP contribution in [0.25, 0.3) is 0 Å². The summed E-state index contributed by atoms with van der Waals surface area (Å²) in [6, 6.07) is 1.59. The molecule has 1 saturated heterocycles. The maximum absolute atomic E-state index is 12.8. The lowest BCUT2D eigenvalue weighted by Crippen LogP contribution is -2.50. The molecule has 1 aliphatic heterocycles. The van der Waals surface area contributed by atoms with Crippen LogP contribution in [0.3, 0.4) is 0 Å². The van der Waals surface area contributed by atoms with Crippen LogP contribution in [-0.2, 0) is 4.74 Å². The van der Waals surface area contributed by atoms with E-state index in [0.717, 1.165) is 32.2 Å². The number of likely N-dealkylation sites (tertiary alicyclic amines) is 1. The third-order valence-corrected chi connectivity index (χ3v) is 4.98. The molecule has 21 heavy (non-hydrogen) atoms. The van der Waals surface area contributed by atoms with E-state index in [1.807, 2.05) is 4.90 Å². The molecule has 2 N–H and O–H groups in total. The number of carbonyl (C=O) groups is 2. The van der Waals surface area contributed by atoms with Gasteiger partial charge in [0.05, 0.1) is 22.6 Å². The van der Waals surface area contributed by atoms with E-state index in [0.29, 0.717) is 17.0 Å². The molecule has 1 atom stereocenters. The quantitative estimate of drug-likeness (QED) is 0.876. The molecular weight excluding hydrogens is 288 g/mol. The van der Waals surface area contributed by atoms with Gasteiger partial charge in [0.1, 0.15) is 0 Å². The Balaban J connectivity index is 2.24. The van der Waals surface area contributed by atoms with Crippen molar-refractivity contribution in [1.82, 2.24) is 4.90 Å². The number of amides is 2. The number of ether oxygens (including phenoxy) is 1. The summed E-state index contributed by atoms with van der Waals surface area (Å²) in [6.45, 7) is 3.42. The number of thiophene rings is 1. The molecule has 6 heteroatoms. The lowest BCUT2D eigenvalue weighted by Gasteiger charge is -2.38. The molecule has 1 aromatic rings. The Morgan fingerprint density at radius 2 is 2.29 bits per heavy atom. The number of hydrogen-bond acceptors (Lipinski definition) is 4. The van der Waals surface area contributed by atoms with Gasteiger partial charge in [0.15, 0.2) is 0 Å². The van der Waals surface area contributed by atoms with Crippen molar-refractivity contribution in [2.75, 3.05) is 20.3 Å². The number of hydrogen-bond donors (Lipinski definition) is 1. The van der Waals surface area contributed by atoms with Gasteiger partial charge in [-0.2, -0.15) is 0 Å². The van der Waals surface area contributed by atoms with Crippen molar-refractivity contribution in [2.45, 2.75) is 38.1 Å². The van der Waals surface area contributed by atoms with Crippen LogP contribution in [0.4, 0.5) is 0 Å². The van der Waals surface area contributed by atoms with E-state index in [1.54, 1.807) is 18.6 Å². The standard InChI is InChI=1S/C15H22N2O3S/c1-3-5-15(10-20-2)6-4-7-17(15)14(19)12-8-11(9-21-12)13(16)18/h8-9H,3-7,10H2,1-2H3,(H2,16,18). The van der Waals surface area contributed by atoms with E-state index in [1.165, 1.54) is 11.3 Å². The molecule has 0 radical (unpaired) electrons. The minimum absolute atomic E-state index is 0.0181. The summed E-state index contributed by atoms with van der Waals surface area (Å²) in [5.74, 6) is -0.515. The normalized spacial score (nSPS) is 21.7. The van der Waals surface area contributed by atoms with Gasteiger partial charge in [0.2, 0.25) is 5.91 Å². The average molecular weight is 310 g/mol. The van der Waals surface area contributed by atoms with E-state index in [2.05, 4.69) is 6.92 Å². The third kappa shape index (κ3) is 3.11. The summed E-state index contributed by atoms with van der Waals surface area (Å²) >= 11 is 1.28. The van der Waals surface area contributed by atoms with Gasteiger partial charge in [-0.15, -0.1) is 11.3 Å². The Morgan fingerprint density at radius 3 is 2.86 bits per heavy atom. The zero-order valence-electron chi connectivity index (χ0n) is 12.6. The molecule has 5 nitrogen and oxygen atoms in total. The average Bonchev–Trinajstić information content (AvgIpc) is 3.06. The molecule has 0 saturated carbocycles. The number of nitrogens with two attached hydrogens (primary N) is 1. The van der Waals surface area contributed by atoms with Crippen LogP contribution in [0.2, 0.25) is 0 Å². The third-order valence-electron chi connectivity index (χ3n) is 4.06. The summed E-state index contributed by atoms with van der Waals surface area (Å²) in [5, 5.41) is 1.64. The largest absolute Gasteiger partial charge is 0.382 e. The van der Waals surface area contributed by atoms with Gasteiger partial charge in [-0.3, -0.25) is 9.59 Å². The molecule has 0 bridgehead atoms. The van der Waals surface area contributed by atoms with Gasteiger partial charge in [0.25, 0.3) is 5.91 Å². The second kappa shape index (κ2) is 6.58. The smallest absolute Gasteiger partial charge is 0.264 e. The van der Waals surface area contributed by atoms with Crippen LogP contribution in [0.5, 0.6) is 0 Å². The minimum atomic E-state index is -0.497. The van der Waals surface area contributed by atoms with Crippen molar-refractivity contribution < 1.29 is 14.3 Å². The first-order valence-electron chi connectivity index (χ1n) is 7.23. The summed E-state index contributed by atoms with van der Waals surface area (Å²) < 4.78 is 5.38. The zero-order chi connectivity index (χ0) is 15.5. The van der Waals surface area contributed by atoms with E-state index >= 15 is 0 Å². The molecule has 2 heterocycles. The molecule has 2 rings (SSSR count). The number of rotatable bonds is 6. The van der Waals surface area contributed by atoms with Gasteiger partial charge in [-0.25, -0.2) is 0 Å². The first kappa shape index (κ1) is 16.0. The summed E-state index contributed by atoms with van der Waals surface area (Å²) in [6.07, 6.45) is 3.89. The Morgan fingerprint density at radius 1 is 1.52 bits per heavy atom. The van der Waals surface area contributed by atoms with Crippen LogP contribution < -0.4 is 5.73 Å². The highest BCUT2D eigenvalue weighted by Crippen LogP contribution is 2.36. The Kier molecular flexibility index (Phi) is 5.00. The number of nitrogens with zero attached hydrogens (tertiary/aromatic N) is 1. The van der Waals surface area contributed by atoms with Crippen molar-refractivity contribution in [1.29, 1.82) is 0 Å². The van der Waals surface area contributed by atoms with E-state index in [9.17, 15) is 9.59 Å². The summed E-state index contributed by atoms with van der Waals surface area (Å²) in [5.41, 5.74) is 5.44. The minimum Gasteiger partial charge on any atom is -0.382 e. The van der Waals surface area contributed by atoms with Crippen LogP contribution in [0.15, 0.2) is 11.4 Å². The van der Waals surface area contributed by atoms with Crippen molar-refractivity contribution >= 4 is 23.2 Å². The molecule has 0 aromatic carbocycles. The first-order valence-corrected chi connectivity index (χ1v) is 8.11. The van der Waals surface area contributed by atoms with E-state index < -0.39 is 5.91 Å². The Hall–Kier alpha value is -1.40. The fourth-order valence-corrected chi connectivity index (χ4v) is 4.03. The van der Waals surface area contributed by atoms with Gasteiger partial charge in [0, 0.05) is 19.0 Å². The highest BCUT2D eigenvalue weighted by atomic mass is 32.1. The zero-order valence-corrected chi connectivity index (χ0v) is 13.4. The van der Waals surface area contributed by atoms with Gasteiger partial charge in [-0.1, -0.05) is 13.3 Å². The lowest BCUT2D eigenvalue weighted by atomic mass is 9.91. The lowest BCUT2D eigenvalue weighted by molar-refractivity contribution is 0.0258. The first-order chi connectivity index (χ1) is 10.0. The van der Waals surface area contributed by atoms with Crippen molar-refractivity contribution in [2.24, 2.45) is 5.73 Å². The predicted molar refractivity (Wildman–Crippen MR) is 82.6 cm³/mol. The highest BCUT2D eigenvalue weighted by Gasteiger charge is 2.43. The number of methoxy groups -OCH3 is 1. The van der Waals surface area contributed by atoms with Crippen molar-refractivity contribution in [3.63, 3.8) is 0 Å². The fraction of sp³-hybridized carbons (Fsp3) is 0.600. The molecule has 0 aliphatic carbocycles. The van der Waals surface area contributed by atoms with Crippen LogP contribution in [-0.4, -0.2) is 42.5 Å². The van der Waals surface area contributed by atoms with E-state index in [-0.39, 0.29) is 11.4 Å². The SMILES string of the molecule is CCCC1(COC)CCCN1C(=O)c1cc(C(N)=O)cs1. The topological polar surface area (TPSA) is 72.6 Å².